The van der Waals surface area contributed by atoms with Crippen LogP contribution in [0.3, 0.4) is 0 Å². The Balaban J connectivity index is 1.35. The van der Waals surface area contributed by atoms with Crippen molar-refractivity contribution in [3.05, 3.63) is 99.5 Å². The van der Waals surface area contributed by atoms with Crippen molar-refractivity contribution < 1.29 is 9.53 Å². The van der Waals surface area contributed by atoms with Crippen LogP contribution in [-0.2, 0) is 5.41 Å². The summed E-state index contributed by atoms with van der Waals surface area (Å²) < 4.78 is 5.54. The number of benzene rings is 3. The summed E-state index contributed by atoms with van der Waals surface area (Å²) in [7, 11) is 1.68. The molecule has 0 bridgehead atoms. The highest BCUT2D eigenvalue weighted by Gasteiger charge is 2.46. The number of ether oxygens (including phenoxy) is 1. The minimum Gasteiger partial charge on any atom is -0.497 e. The Labute approximate surface area is 216 Å². The second-order valence-electron chi connectivity index (χ2n) is 9.30. The van der Waals surface area contributed by atoms with Gasteiger partial charge in [0.15, 0.2) is 0 Å². The van der Waals surface area contributed by atoms with Gasteiger partial charge in [0, 0.05) is 29.8 Å². The van der Waals surface area contributed by atoms with Crippen LogP contribution >= 0.6 is 23.2 Å². The first-order chi connectivity index (χ1) is 17.0. The Morgan fingerprint density at radius 3 is 2.49 bits per heavy atom. The van der Waals surface area contributed by atoms with Crippen LogP contribution < -0.4 is 9.64 Å². The van der Waals surface area contributed by atoms with Gasteiger partial charge in [-0.25, -0.2) is 0 Å². The van der Waals surface area contributed by atoms with Crippen LogP contribution in [0.4, 0.5) is 5.69 Å². The lowest BCUT2D eigenvalue weighted by atomic mass is 9.74. The van der Waals surface area contributed by atoms with Gasteiger partial charge in [0.25, 0.3) is 5.91 Å². The van der Waals surface area contributed by atoms with Crippen LogP contribution in [0, 0.1) is 0 Å². The number of amides is 1. The van der Waals surface area contributed by atoms with Crippen molar-refractivity contribution in [2.45, 2.75) is 18.3 Å². The van der Waals surface area contributed by atoms with Crippen molar-refractivity contribution in [2.75, 3.05) is 38.2 Å². The molecule has 0 radical (unpaired) electrons. The molecule has 1 saturated heterocycles. The van der Waals surface area contributed by atoms with E-state index in [-0.39, 0.29) is 11.3 Å². The first-order valence-electron chi connectivity index (χ1n) is 11.9. The van der Waals surface area contributed by atoms with Crippen LogP contribution in [0.5, 0.6) is 5.75 Å². The largest absolute Gasteiger partial charge is 0.497 e. The molecule has 2 aliphatic heterocycles. The molecule has 0 N–H and O–H groups in total. The lowest BCUT2D eigenvalue weighted by Crippen LogP contribution is -2.46. The van der Waals surface area contributed by atoms with E-state index >= 15 is 0 Å². The summed E-state index contributed by atoms with van der Waals surface area (Å²) in [6.07, 6.45) is 6.38. The lowest BCUT2D eigenvalue weighted by Gasteiger charge is -2.39. The molecule has 3 aromatic carbocycles. The molecular formula is C29H28Cl2N2O2. The first-order valence-corrected chi connectivity index (χ1v) is 12.6. The zero-order valence-electron chi connectivity index (χ0n) is 19.7. The quantitative estimate of drug-likeness (QED) is 0.385. The number of halogens is 2. The average Bonchev–Trinajstić information content (AvgIpc) is 3.20. The summed E-state index contributed by atoms with van der Waals surface area (Å²) in [6, 6.07) is 21.5. The molecule has 0 unspecified atom stereocenters. The maximum absolute atomic E-state index is 13.6. The molecule has 0 saturated carbocycles. The molecule has 180 valence electrons. The van der Waals surface area contributed by atoms with E-state index in [0.29, 0.717) is 22.2 Å². The number of rotatable bonds is 5. The minimum atomic E-state index is -0.0879. The average molecular weight is 507 g/mol. The van der Waals surface area contributed by atoms with Crippen LogP contribution in [0.2, 0.25) is 10.0 Å². The van der Waals surface area contributed by atoms with Crippen molar-refractivity contribution in [2.24, 2.45) is 0 Å². The Morgan fingerprint density at radius 2 is 1.77 bits per heavy atom. The molecule has 0 atom stereocenters. The van der Waals surface area contributed by atoms with Crippen molar-refractivity contribution in [1.82, 2.24) is 4.90 Å². The van der Waals surface area contributed by atoms with Gasteiger partial charge in [-0.15, -0.1) is 0 Å². The van der Waals surface area contributed by atoms with Crippen LogP contribution in [0.15, 0.2) is 72.8 Å². The summed E-state index contributed by atoms with van der Waals surface area (Å²) in [6.45, 7) is 3.53. The van der Waals surface area contributed by atoms with E-state index in [1.165, 1.54) is 11.1 Å². The fourth-order valence-corrected chi connectivity index (χ4v) is 5.53. The van der Waals surface area contributed by atoms with Gasteiger partial charge in [-0.3, -0.25) is 9.69 Å². The SMILES string of the molecule is COc1ccc2c(c1)C1(CCN(CC=Cc3ccccc3)CC1)CN2C(=O)c1ccc(Cl)c(Cl)c1. The third-order valence-corrected chi connectivity index (χ3v) is 7.96. The predicted molar refractivity (Wildman–Crippen MR) is 144 cm³/mol. The summed E-state index contributed by atoms with van der Waals surface area (Å²) in [5, 5.41) is 0.832. The van der Waals surface area contributed by atoms with Crippen molar-refractivity contribution in [3.8, 4) is 5.75 Å². The van der Waals surface area contributed by atoms with Crippen molar-refractivity contribution >= 4 is 40.9 Å². The predicted octanol–water partition coefficient (Wildman–Crippen LogP) is 6.71. The smallest absolute Gasteiger partial charge is 0.258 e. The molecule has 0 aromatic heterocycles. The zero-order valence-corrected chi connectivity index (χ0v) is 21.2. The highest BCUT2D eigenvalue weighted by molar-refractivity contribution is 6.42. The molecular weight excluding hydrogens is 479 g/mol. The summed E-state index contributed by atoms with van der Waals surface area (Å²) in [5.41, 5.74) is 3.83. The van der Waals surface area contributed by atoms with Crippen molar-refractivity contribution in [3.63, 3.8) is 0 Å². The van der Waals surface area contributed by atoms with E-state index in [1.807, 2.05) is 23.1 Å². The Kier molecular flexibility index (Phi) is 6.88. The van der Waals surface area contributed by atoms with E-state index in [9.17, 15) is 4.79 Å². The molecule has 4 nitrogen and oxygen atoms in total. The summed E-state index contributed by atoms with van der Waals surface area (Å²) >= 11 is 12.3. The minimum absolute atomic E-state index is 0.0555. The molecule has 1 amide bonds. The molecule has 2 aliphatic rings. The van der Waals surface area contributed by atoms with E-state index in [0.717, 1.165) is 43.9 Å². The monoisotopic (exact) mass is 506 g/mol. The van der Waals surface area contributed by atoms with Crippen LogP contribution in [-0.4, -0.2) is 44.1 Å². The third-order valence-electron chi connectivity index (χ3n) is 7.22. The number of piperidine rings is 1. The Hall–Kier alpha value is -2.79. The lowest BCUT2D eigenvalue weighted by molar-refractivity contribution is 0.0978. The number of methoxy groups -OCH3 is 1. The van der Waals surface area contributed by atoms with Gasteiger partial charge < -0.3 is 9.64 Å². The van der Waals surface area contributed by atoms with Gasteiger partial charge in [-0.1, -0.05) is 65.7 Å². The molecule has 1 fully saturated rings. The van der Waals surface area contributed by atoms with Gasteiger partial charge in [0.2, 0.25) is 0 Å². The zero-order chi connectivity index (χ0) is 24.4. The number of hydrogen-bond acceptors (Lipinski definition) is 3. The van der Waals surface area contributed by atoms with E-state index in [2.05, 4.69) is 47.4 Å². The number of hydrogen-bond donors (Lipinski definition) is 0. The number of fused-ring (bicyclic) bond motifs is 2. The van der Waals surface area contributed by atoms with Gasteiger partial charge >= 0.3 is 0 Å². The molecule has 2 heterocycles. The number of likely N-dealkylation sites (tertiary alicyclic amines) is 1. The number of anilines is 1. The highest BCUT2D eigenvalue weighted by Crippen LogP contribution is 2.48. The topological polar surface area (TPSA) is 32.8 Å². The first kappa shape index (κ1) is 23.9. The normalized spacial score (nSPS) is 17.2. The molecule has 6 heteroatoms. The van der Waals surface area contributed by atoms with Gasteiger partial charge in [0.05, 0.1) is 17.2 Å². The molecule has 5 rings (SSSR count). The van der Waals surface area contributed by atoms with E-state index in [4.69, 9.17) is 27.9 Å². The van der Waals surface area contributed by atoms with Crippen LogP contribution in [0.1, 0.15) is 34.3 Å². The molecule has 35 heavy (non-hydrogen) atoms. The van der Waals surface area contributed by atoms with Crippen molar-refractivity contribution in [1.29, 1.82) is 0 Å². The summed E-state index contributed by atoms with van der Waals surface area (Å²) in [4.78, 5) is 17.9. The fourth-order valence-electron chi connectivity index (χ4n) is 5.23. The van der Waals surface area contributed by atoms with Gasteiger partial charge in [-0.2, -0.15) is 0 Å². The Morgan fingerprint density at radius 1 is 1.00 bits per heavy atom. The molecule has 3 aromatic rings. The highest BCUT2D eigenvalue weighted by atomic mass is 35.5. The van der Waals surface area contributed by atoms with Gasteiger partial charge in [0.1, 0.15) is 5.75 Å². The van der Waals surface area contributed by atoms with E-state index in [1.54, 1.807) is 25.3 Å². The fraction of sp³-hybridized carbons (Fsp3) is 0.276. The number of nitrogens with zero attached hydrogens (tertiary/aromatic N) is 2. The number of carbonyl (C=O) groups is 1. The Bertz CT molecular complexity index is 1250. The molecule has 0 aliphatic carbocycles. The maximum Gasteiger partial charge on any atom is 0.258 e. The second-order valence-corrected chi connectivity index (χ2v) is 10.1. The van der Waals surface area contributed by atoms with Crippen LogP contribution in [0.25, 0.3) is 6.08 Å². The third kappa shape index (κ3) is 4.84. The van der Waals surface area contributed by atoms with E-state index < -0.39 is 0 Å². The van der Waals surface area contributed by atoms with Gasteiger partial charge in [-0.05, 0) is 73.5 Å². The number of carbonyl (C=O) groups excluding carboxylic acids is 1. The maximum atomic E-state index is 13.6. The molecule has 1 spiro atoms. The summed E-state index contributed by atoms with van der Waals surface area (Å²) in [5.74, 6) is 0.764. The standard InChI is InChI=1S/C29H28Cl2N2O2/c1-35-23-10-12-27-24(19-23)29(20-33(27)28(34)22-9-11-25(30)26(31)18-22)13-16-32(17-14-29)15-5-8-21-6-3-2-4-7-21/h2-12,18-19H,13-17,20H2,1H3. The second kappa shape index (κ2) is 10.1.